The smallest absolute Gasteiger partial charge is 0.274 e. The Labute approximate surface area is 96.9 Å². The van der Waals surface area contributed by atoms with Crippen LogP contribution in [0.2, 0.25) is 5.02 Å². The highest BCUT2D eigenvalue weighted by molar-refractivity contribution is 6.32. The minimum absolute atomic E-state index is 0.172. The van der Waals surface area contributed by atoms with Gasteiger partial charge in [0.15, 0.2) is 6.10 Å². The van der Waals surface area contributed by atoms with E-state index in [-0.39, 0.29) is 11.6 Å². The second kappa shape index (κ2) is 5.52. The molecule has 1 nitrogen and oxygen atoms in total. The number of para-hydroxylation sites is 1. The molecule has 15 heavy (non-hydrogen) atoms. The van der Waals surface area contributed by atoms with E-state index in [1.165, 1.54) is 6.92 Å². The van der Waals surface area contributed by atoms with Crippen LogP contribution in [0, 0.1) is 0 Å². The summed E-state index contributed by atoms with van der Waals surface area (Å²) in [5.74, 6) is 0.410. The standard InChI is InChI=1S/C10H10Cl2F2O/c1-6(10(13)14)15-9-7(5-11)3-2-4-8(9)12/h2-4,6,10H,5H2,1H3. The predicted molar refractivity (Wildman–Crippen MR) is 57.1 cm³/mol. The first-order valence-corrected chi connectivity index (χ1v) is 5.25. The third-order valence-electron chi connectivity index (χ3n) is 1.85. The fraction of sp³-hybridized carbons (Fsp3) is 0.400. The lowest BCUT2D eigenvalue weighted by Gasteiger charge is -2.17. The molecule has 1 atom stereocenters. The number of halogens is 4. The fourth-order valence-corrected chi connectivity index (χ4v) is 1.48. The van der Waals surface area contributed by atoms with Crippen molar-refractivity contribution in [2.24, 2.45) is 0 Å². The molecule has 0 saturated carbocycles. The van der Waals surface area contributed by atoms with E-state index >= 15 is 0 Å². The number of rotatable bonds is 4. The summed E-state index contributed by atoms with van der Waals surface area (Å²) in [4.78, 5) is 0. The molecule has 5 heteroatoms. The summed E-state index contributed by atoms with van der Waals surface area (Å²) >= 11 is 11.5. The van der Waals surface area contributed by atoms with E-state index in [4.69, 9.17) is 27.9 Å². The van der Waals surface area contributed by atoms with Gasteiger partial charge >= 0.3 is 0 Å². The minimum atomic E-state index is -2.55. The predicted octanol–water partition coefficient (Wildman–Crippen LogP) is 4.11. The molecule has 84 valence electrons. The Bertz CT molecular complexity index is 331. The highest BCUT2D eigenvalue weighted by atomic mass is 35.5. The maximum absolute atomic E-state index is 12.3. The van der Waals surface area contributed by atoms with E-state index in [2.05, 4.69) is 0 Å². The molecule has 1 unspecified atom stereocenters. The normalized spacial score (nSPS) is 12.9. The molecule has 0 aromatic heterocycles. The van der Waals surface area contributed by atoms with Gasteiger partial charge in [0.1, 0.15) is 5.75 Å². The number of ether oxygens (including phenoxy) is 1. The minimum Gasteiger partial charge on any atom is -0.483 e. The lowest BCUT2D eigenvalue weighted by Crippen LogP contribution is -2.21. The van der Waals surface area contributed by atoms with Gasteiger partial charge < -0.3 is 4.74 Å². The Morgan fingerprint density at radius 1 is 1.40 bits per heavy atom. The summed E-state index contributed by atoms with van der Waals surface area (Å²) in [5, 5.41) is 0.292. The fourth-order valence-electron chi connectivity index (χ4n) is 1.03. The quantitative estimate of drug-likeness (QED) is 0.735. The summed E-state index contributed by atoms with van der Waals surface area (Å²) in [7, 11) is 0. The molecule has 0 fully saturated rings. The molecule has 0 saturated heterocycles. The van der Waals surface area contributed by atoms with Crippen LogP contribution in [0.15, 0.2) is 18.2 Å². The number of benzene rings is 1. The molecule has 1 aromatic rings. The topological polar surface area (TPSA) is 9.23 Å². The van der Waals surface area contributed by atoms with Gasteiger partial charge in [-0.25, -0.2) is 8.78 Å². The van der Waals surface area contributed by atoms with E-state index in [0.717, 1.165) is 0 Å². The van der Waals surface area contributed by atoms with Crippen LogP contribution in [0.4, 0.5) is 8.78 Å². The van der Waals surface area contributed by atoms with Crippen molar-refractivity contribution in [1.29, 1.82) is 0 Å². The molecule has 1 aromatic carbocycles. The zero-order chi connectivity index (χ0) is 11.4. The third kappa shape index (κ3) is 3.21. The largest absolute Gasteiger partial charge is 0.483 e. The highest BCUT2D eigenvalue weighted by Gasteiger charge is 2.19. The van der Waals surface area contributed by atoms with Crippen LogP contribution in [0.3, 0.4) is 0 Å². The molecule has 0 aliphatic rings. The first kappa shape index (κ1) is 12.5. The van der Waals surface area contributed by atoms with Gasteiger partial charge in [0.2, 0.25) is 0 Å². The maximum Gasteiger partial charge on any atom is 0.274 e. The van der Waals surface area contributed by atoms with Gasteiger partial charge in [0, 0.05) is 5.56 Å². The zero-order valence-corrected chi connectivity index (χ0v) is 9.53. The molecule has 0 amide bonds. The van der Waals surface area contributed by atoms with Crippen molar-refractivity contribution in [3.8, 4) is 5.75 Å². The second-order valence-electron chi connectivity index (χ2n) is 3.02. The summed E-state index contributed by atoms with van der Waals surface area (Å²) in [6.07, 6.45) is -3.75. The van der Waals surface area contributed by atoms with Crippen LogP contribution in [-0.4, -0.2) is 12.5 Å². The molecular formula is C10H10Cl2F2O. The Hall–Kier alpha value is -0.540. The first-order valence-electron chi connectivity index (χ1n) is 4.34. The van der Waals surface area contributed by atoms with Crippen LogP contribution < -0.4 is 4.74 Å². The van der Waals surface area contributed by atoms with E-state index in [1.807, 2.05) is 0 Å². The molecule has 0 radical (unpaired) electrons. The van der Waals surface area contributed by atoms with Gasteiger partial charge in [-0.2, -0.15) is 0 Å². The Morgan fingerprint density at radius 3 is 2.60 bits per heavy atom. The number of hydrogen-bond acceptors (Lipinski definition) is 1. The van der Waals surface area contributed by atoms with Crippen molar-refractivity contribution in [3.63, 3.8) is 0 Å². The van der Waals surface area contributed by atoms with Crippen LogP contribution >= 0.6 is 23.2 Å². The lowest BCUT2D eigenvalue weighted by atomic mass is 10.2. The van der Waals surface area contributed by atoms with E-state index in [0.29, 0.717) is 10.6 Å². The van der Waals surface area contributed by atoms with Gasteiger partial charge in [-0.15, -0.1) is 11.6 Å². The SMILES string of the molecule is CC(Oc1c(Cl)cccc1CCl)C(F)F. The van der Waals surface area contributed by atoms with Gasteiger partial charge in [-0.05, 0) is 13.0 Å². The average Bonchev–Trinajstić information content (AvgIpc) is 2.20. The van der Waals surface area contributed by atoms with Gasteiger partial charge in [0.25, 0.3) is 6.43 Å². The average molecular weight is 255 g/mol. The van der Waals surface area contributed by atoms with E-state index in [9.17, 15) is 8.78 Å². The van der Waals surface area contributed by atoms with Gasteiger partial charge in [-0.3, -0.25) is 0 Å². The molecule has 0 aliphatic heterocycles. The maximum atomic E-state index is 12.3. The summed E-state index contributed by atoms with van der Waals surface area (Å²) < 4.78 is 29.6. The van der Waals surface area contributed by atoms with Crippen LogP contribution in [0.25, 0.3) is 0 Å². The molecular weight excluding hydrogens is 245 g/mol. The number of alkyl halides is 3. The van der Waals surface area contributed by atoms with Crippen LogP contribution in [-0.2, 0) is 5.88 Å². The Kier molecular flexibility index (Phi) is 4.61. The van der Waals surface area contributed by atoms with Gasteiger partial charge in [0.05, 0.1) is 10.9 Å². The van der Waals surface area contributed by atoms with Crippen molar-refractivity contribution in [1.82, 2.24) is 0 Å². The summed E-state index contributed by atoms with van der Waals surface area (Å²) in [6.45, 7) is 1.28. The second-order valence-corrected chi connectivity index (χ2v) is 3.69. The zero-order valence-electron chi connectivity index (χ0n) is 8.01. The van der Waals surface area contributed by atoms with Crippen molar-refractivity contribution in [2.45, 2.75) is 25.3 Å². The molecule has 1 rings (SSSR count). The van der Waals surface area contributed by atoms with Gasteiger partial charge in [-0.1, -0.05) is 23.7 Å². The van der Waals surface area contributed by atoms with E-state index < -0.39 is 12.5 Å². The third-order valence-corrected chi connectivity index (χ3v) is 2.44. The Morgan fingerprint density at radius 2 is 2.07 bits per heavy atom. The van der Waals surface area contributed by atoms with Crippen LogP contribution in [0.1, 0.15) is 12.5 Å². The molecule has 0 spiro atoms. The van der Waals surface area contributed by atoms with E-state index in [1.54, 1.807) is 18.2 Å². The van der Waals surface area contributed by atoms with Crippen molar-refractivity contribution in [3.05, 3.63) is 28.8 Å². The van der Waals surface area contributed by atoms with Crippen LogP contribution in [0.5, 0.6) is 5.75 Å². The van der Waals surface area contributed by atoms with Crippen molar-refractivity contribution >= 4 is 23.2 Å². The summed E-state index contributed by atoms with van der Waals surface area (Å²) in [6, 6.07) is 4.96. The molecule has 0 heterocycles. The first-order chi connectivity index (χ1) is 7.06. The molecule has 0 bridgehead atoms. The molecule has 0 N–H and O–H groups in total. The highest BCUT2D eigenvalue weighted by Crippen LogP contribution is 2.31. The lowest BCUT2D eigenvalue weighted by molar-refractivity contribution is 0.0223. The van der Waals surface area contributed by atoms with Crippen molar-refractivity contribution in [2.75, 3.05) is 0 Å². The molecule has 0 aliphatic carbocycles. The Balaban J connectivity index is 2.92. The monoisotopic (exact) mass is 254 g/mol. The number of hydrogen-bond donors (Lipinski definition) is 0. The van der Waals surface area contributed by atoms with Crippen molar-refractivity contribution < 1.29 is 13.5 Å². The summed E-state index contributed by atoms with van der Waals surface area (Å²) in [5.41, 5.74) is 0.608.